The van der Waals surface area contributed by atoms with Gasteiger partial charge in [0.1, 0.15) is 0 Å². The number of hydrogen-bond acceptors (Lipinski definition) is 3. The maximum atomic E-state index is 4.19. The maximum Gasteiger partial charge on any atom is 0.0534 e. The molecule has 1 aromatic carbocycles. The third kappa shape index (κ3) is 3.39. The number of aromatic nitrogens is 2. The van der Waals surface area contributed by atoms with E-state index in [1.54, 1.807) is 0 Å². The van der Waals surface area contributed by atoms with Crippen LogP contribution in [0.4, 0.5) is 5.69 Å². The Hall–Kier alpha value is -1.81. The second-order valence-corrected chi connectivity index (χ2v) is 5.31. The van der Waals surface area contributed by atoms with Crippen LogP contribution in [0.2, 0.25) is 0 Å². The van der Waals surface area contributed by atoms with Crippen LogP contribution in [-0.2, 0) is 13.1 Å². The van der Waals surface area contributed by atoms with Crippen molar-refractivity contribution in [2.45, 2.75) is 25.9 Å². The molecular formula is C16H22N4. The molecule has 0 saturated carbocycles. The predicted octanol–water partition coefficient (Wildman–Crippen LogP) is 2.27. The monoisotopic (exact) mass is 270 g/mol. The molecule has 3 rings (SSSR count). The van der Waals surface area contributed by atoms with Gasteiger partial charge < -0.3 is 10.2 Å². The van der Waals surface area contributed by atoms with Crippen molar-refractivity contribution in [1.29, 1.82) is 0 Å². The Morgan fingerprint density at radius 3 is 2.60 bits per heavy atom. The van der Waals surface area contributed by atoms with Gasteiger partial charge in [0, 0.05) is 44.3 Å². The van der Waals surface area contributed by atoms with Crippen LogP contribution >= 0.6 is 0 Å². The number of benzene rings is 1. The SMILES string of the molecule is c1cnn(CCNCc2ccc(N3CCCC3)cc2)c1. The van der Waals surface area contributed by atoms with Gasteiger partial charge in [-0.2, -0.15) is 5.10 Å². The molecule has 0 bridgehead atoms. The van der Waals surface area contributed by atoms with Crippen molar-refractivity contribution in [2.24, 2.45) is 0 Å². The minimum absolute atomic E-state index is 0.916. The Kier molecular flexibility index (Phi) is 4.33. The second kappa shape index (κ2) is 6.57. The molecule has 0 amide bonds. The molecule has 2 heterocycles. The van der Waals surface area contributed by atoms with Crippen LogP contribution in [-0.4, -0.2) is 29.4 Å². The highest BCUT2D eigenvalue weighted by atomic mass is 15.3. The van der Waals surface area contributed by atoms with Crippen LogP contribution in [0.15, 0.2) is 42.7 Å². The summed E-state index contributed by atoms with van der Waals surface area (Å²) in [5, 5.41) is 7.64. The van der Waals surface area contributed by atoms with Gasteiger partial charge in [0.2, 0.25) is 0 Å². The normalized spacial score (nSPS) is 14.9. The van der Waals surface area contributed by atoms with Gasteiger partial charge in [-0.15, -0.1) is 0 Å². The highest BCUT2D eigenvalue weighted by Crippen LogP contribution is 2.20. The standard InChI is InChI=1S/C16H22N4/c1-2-11-19(10-1)16-6-4-15(5-7-16)14-17-9-13-20-12-3-8-18-20/h3-8,12,17H,1-2,9-11,13-14H2. The first-order valence-electron chi connectivity index (χ1n) is 7.44. The quantitative estimate of drug-likeness (QED) is 0.818. The first-order chi connectivity index (χ1) is 9.92. The van der Waals surface area contributed by atoms with Gasteiger partial charge in [0.05, 0.1) is 6.54 Å². The first-order valence-corrected chi connectivity index (χ1v) is 7.44. The molecule has 1 aliphatic heterocycles. The van der Waals surface area contributed by atoms with Gasteiger partial charge in [-0.3, -0.25) is 4.68 Å². The highest BCUT2D eigenvalue weighted by molar-refractivity contribution is 5.48. The van der Waals surface area contributed by atoms with E-state index in [9.17, 15) is 0 Å². The van der Waals surface area contributed by atoms with E-state index in [0.29, 0.717) is 0 Å². The van der Waals surface area contributed by atoms with Crippen LogP contribution < -0.4 is 10.2 Å². The molecule has 1 saturated heterocycles. The molecule has 0 radical (unpaired) electrons. The Labute approximate surface area is 120 Å². The molecule has 1 N–H and O–H groups in total. The zero-order chi connectivity index (χ0) is 13.6. The summed E-state index contributed by atoms with van der Waals surface area (Å²) in [5.41, 5.74) is 2.70. The van der Waals surface area contributed by atoms with E-state index < -0.39 is 0 Å². The molecule has 20 heavy (non-hydrogen) atoms. The van der Waals surface area contributed by atoms with Crippen molar-refractivity contribution in [3.05, 3.63) is 48.3 Å². The second-order valence-electron chi connectivity index (χ2n) is 5.31. The minimum atomic E-state index is 0.916. The van der Waals surface area contributed by atoms with E-state index in [1.165, 1.54) is 37.2 Å². The van der Waals surface area contributed by atoms with Gasteiger partial charge in [-0.1, -0.05) is 12.1 Å². The lowest BCUT2D eigenvalue weighted by atomic mass is 10.2. The lowest BCUT2D eigenvalue weighted by molar-refractivity contribution is 0.555. The summed E-state index contributed by atoms with van der Waals surface area (Å²) in [6.07, 6.45) is 6.47. The Morgan fingerprint density at radius 2 is 1.90 bits per heavy atom. The zero-order valence-corrected chi connectivity index (χ0v) is 11.8. The van der Waals surface area contributed by atoms with Crippen LogP contribution in [0.25, 0.3) is 0 Å². The van der Waals surface area contributed by atoms with E-state index in [1.807, 2.05) is 23.1 Å². The molecule has 0 aliphatic carbocycles. The minimum Gasteiger partial charge on any atom is -0.372 e. The molecule has 2 aromatic rings. The Balaban J connectivity index is 1.43. The topological polar surface area (TPSA) is 33.1 Å². The lowest BCUT2D eigenvalue weighted by Crippen LogP contribution is -2.20. The average molecular weight is 270 g/mol. The summed E-state index contributed by atoms with van der Waals surface area (Å²) in [4.78, 5) is 2.47. The average Bonchev–Trinajstić information content (AvgIpc) is 3.17. The largest absolute Gasteiger partial charge is 0.372 e. The molecule has 4 heteroatoms. The smallest absolute Gasteiger partial charge is 0.0534 e. The number of nitrogens with zero attached hydrogens (tertiary/aromatic N) is 3. The Bertz CT molecular complexity index is 498. The summed E-state index contributed by atoms with van der Waals surface area (Å²) in [5.74, 6) is 0. The fourth-order valence-electron chi connectivity index (χ4n) is 2.66. The first kappa shape index (κ1) is 13.2. The molecule has 1 aromatic heterocycles. The van der Waals surface area contributed by atoms with E-state index in [2.05, 4.69) is 39.6 Å². The molecule has 0 atom stereocenters. The number of anilines is 1. The van der Waals surface area contributed by atoms with Crippen molar-refractivity contribution in [3.8, 4) is 0 Å². The Morgan fingerprint density at radius 1 is 1.10 bits per heavy atom. The molecule has 0 spiro atoms. The maximum absolute atomic E-state index is 4.19. The summed E-state index contributed by atoms with van der Waals surface area (Å²) in [7, 11) is 0. The third-order valence-corrected chi connectivity index (χ3v) is 3.81. The third-order valence-electron chi connectivity index (χ3n) is 3.81. The number of hydrogen-bond donors (Lipinski definition) is 1. The molecule has 4 nitrogen and oxygen atoms in total. The fourth-order valence-corrected chi connectivity index (χ4v) is 2.66. The van der Waals surface area contributed by atoms with Gasteiger partial charge in [-0.05, 0) is 36.6 Å². The van der Waals surface area contributed by atoms with Crippen molar-refractivity contribution in [1.82, 2.24) is 15.1 Å². The van der Waals surface area contributed by atoms with Gasteiger partial charge in [0.25, 0.3) is 0 Å². The van der Waals surface area contributed by atoms with Crippen molar-refractivity contribution >= 4 is 5.69 Å². The van der Waals surface area contributed by atoms with Crippen molar-refractivity contribution in [3.63, 3.8) is 0 Å². The molecule has 1 aliphatic rings. The van der Waals surface area contributed by atoms with Crippen LogP contribution in [0, 0.1) is 0 Å². The van der Waals surface area contributed by atoms with E-state index in [0.717, 1.165) is 19.6 Å². The van der Waals surface area contributed by atoms with E-state index in [-0.39, 0.29) is 0 Å². The summed E-state index contributed by atoms with van der Waals surface area (Å²) in [6.45, 7) is 5.19. The van der Waals surface area contributed by atoms with Crippen LogP contribution in [0.5, 0.6) is 0 Å². The predicted molar refractivity (Wildman–Crippen MR) is 81.8 cm³/mol. The molecular weight excluding hydrogens is 248 g/mol. The molecule has 0 unspecified atom stereocenters. The van der Waals surface area contributed by atoms with Crippen molar-refractivity contribution < 1.29 is 0 Å². The lowest BCUT2D eigenvalue weighted by Gasteiger charge is -2.17. The fraction of sp³-hybridized carbons (Fsp3) is 0.438. The van der Waals surface area contributed by atoms with Crippen LogP contribution in [0.1, 0.15) is 18.4 Å². The summed E-state index contributed by atoms with van der Waals surface area (Å²) < 4.78 is 1.95. The molecule has 106 valence electrons. The zero-order valence-electron chi connectivity index (χ0n) is 11.8. The van der Waals surface area contributed by atoms with Gasteiger partial charge >= 0.3 is 0 Å². The number of rotatable bonds is 6. The van der Waals surface area contributed by atoms with Crippen molar-refractivity contribution in [2.75, 3.05) is 24.5 Å². The van der Waals surface area contributed by atoms with E-state index >= 15 is 0 Å². The van der Waals surface area contributed by atoms with Crippen LogP contribution in [0.3, 0.4) is 0 Å². The highest BCUT2D eigenvalue weighted by Gasteiger charge is 2.11. The van der Waals surface area contributed by atoms with Gasteiger partial charge in [-0.25, -0.2) is 0 Å². The summed E-state index contributed by atoms with van der Waals surface area (Å²) >= 11 is 0. The molecule has 1 fully saturated rings. The summed E-state index contributed by atoms with van der Waals surface area (Å²) in [6, 6.07) is 10.9. The van der Waals surface area contributed by atoms with E-state index in [4.69, 9.17) is 0 Å². The van der Waals surface area contributed by atoms with Gasteiger partial charge in [0.15, 0.2) is 0 Å². The number of nitrogens with one attached hydrogen (secondary N) is 1.